The van der Waals surface area contributed by atoms with Gasteiger partial charge in [0.1, 0.15) is 24.2 Å². The van der Waals surface area contributed by atoms with E-state index in [1.807, 2.05) is 19.9 Å². The maximum absolute atomic E-state index is 13.8. The highest BCUT2D eigenvalue weighted by Crippen LogP contribution is 2.33. The lowest BCUT2D eigenvalue weighted by Gasteiger charge is -2.31. The van der Waals surface area contributed by atoms with Gasteiger partial charge in [0.05, 0.1) is 47.8 Å². The van der Waals surface area contributed by atoms with Crippen LogP contribution in [0.2, 0.25) is 0 Å². The minimum atomic E-state index is -4.08. The van der Waals surface area contributed by atoms with Crippen molar-refractivity contribution in [2.24, 2.45) is 11.8 Å². The highest BCUT2D eigenvalue weighted by molar-refractivity contribution is 7.89. The van der Waals surface area contributed by atoms with Crippen LogP contribution in [-0.4, -0.2) is 79.9 Å². The van der Waals surface area contributed by atoms with Gasteiger partial charge in [-0.2, -0.15) is 9.57 Å². The molecular formula is C36H43N3O9S. The van der Waals surface area contributed by atoms with E-state index in [1.54, 1.807) is 49.4 Å². The summed E-state index contributed by atoms with van der Waals surface area (Å²) in [6, 6.07) is 19.5. The Bertz CT molecular complexity index is 1740. The quantitative estimate of drug-likeness (QED) is 0.222. The molecule has 49 heavy (non-hydrogen) atoms. The molecule has 13 heteroatoms. The first-order chi connectivity index (χ1) is 23.4. The number of aryl methyl sites for hydroxylation is 1. The van der Waals surface area contributed by atoms with Crippen molar-refractivity contribution in [3.05, 3.63) is 89.0 Å². The Morgan fingerprint density at radius 1 is 1.08 bits per heavy atom. The number of benzene rings is 3. The van der Waals surface area contributed by atoms with Gasteiger partial charge >= 0.3 is 6.09 Å². The van der Waals surface area contributed by atoms with Crippen LogP contribution in [0.4, 0.5) is 4.79 Å². The number of phenols is 1. The lowest BCUT2D eigenvalue weighted by Crippen LogP contribution is -2.51. The number of amides is 1. The number of aromatic hydroxyl groups is 1. The number of phenolic OH excluding ortho intramolecular Hbond substituents is 1. The lowest BCUT2D eigenvalue weighted by molar-refractivity contribution is -0.0907. The van der Waals surface area contributed by atoms with E-state index >= 15 is 0 Å². The summed E-state index contributed by atoms with van der Waals surface area (Å²) in [4.78, 5) is 13.2. The largest absolute Gasteiger partial charge is 0.508 e. The molecule has 2 fully saturated rings. The van der Waals surface area contributed by atoms with Crippen LogP contribution in [0.15, 0.2) is 71.6 Å². The third-order valence-electron chi connectivity index (χ3n) is 8.62. The molecule has 5 atom stereocenters. The van der Waals surface area contributed by atoms with E-state index in [2.05, 4.69) is 11.4 Å². The van der Waals surface area contributed by atoms with Crippen LogP contribution in [-0.2, 0) is 37.3 Å². The first-order valence-corrected chi connectivity index (χ1v) is 17.8. The summed E-state index contributed by atoms with van der Waals surface area (Å²) in [5, 5.41) is 33.5. The standard InChI is InChI=1S/C36H43N3O9S/c1-23(2)19-39(49(43,44)29-11-12-32(40)24(3)15-29)20-33(41)31(38-36(42)48-34-22-47-35-30(34)13-14-45-35)17-25-7-9-28(10-8-25)46-21-27-6-4-5-26(16-27)18-37/h4-12,15-16,23,30-31,33-35,40-41H,13-14,17,19-22H2,1-3H3,(H,38,42)/t30?,31-,33+,34-,35?/m0/s1. The van der Waals surface area contributed by atoms with Crippen molar-refractivity contribution in [2.75, 3.05) is 26.3 Å². The van der Waals surface area contributed by atoms with E-state index in [-0.39, 0.29) is 55.2 Å². The zero-order valence-corrected chi connectivity index (χ0v) is 28.6. The monoisotopic (exact) mass is 693 g/mol. The molecule has 0 radical (unpaired) electrons. The summed E-state index contributed by atoms with van der Waals surface area (Å²) < 4.78 is 51.6. The van der Waals surface area contributed by atoms with Gasteiger partial charge in [0.2, 0.25) is 10.0 Å². The molecule has 3 aromatic carbocycles. The van der Waals surface area contributed by atoms with Crippen molar-refractivity contribution in [3.63, 3.8) is 0 Å². The number of nitriles is 1. The number of alkyl carbamates (subject to hydrolysis) is 1. The zero-order chi connectivity index (χ0) is 35.1. The Kier molecular flexibility index (Phi) is 11.8. The summed E-state index contributed by atoms with van der Waals surface area (Å²) in [7, 11) is -4.08. The predicted molar refractivity (Wildman–Crippen MR) is 179 cm³/mol. The maximum atomic E-state index is 13.8. The molecule has 1 amide bonds. The Morgan fingerprint density at radius 3 is 2.57 bits per heavy atom. The topological polar surface area (TPSA) is 168 Å². The molecule has 2 aliphatic heterocycles. The zero-order valence-electron chi connectivity index (χ0n) is 27.8. The fourth-order valence-corrected chi connectivity index (χ4v) is 7.69. The van der Waals surface area contributed by atoms with Crippen molar-refractivity contribution in [1.82, 2.24) is 9.62 Å². The van der Waals surface area contributed by atoms with Gasteiger partial charge in [0.15, 0.2) is 6.29 Å². The minimum absolute atomic E-state index is 0.0101. The van der Waals surface area contributed by atoms with E-state index in [9.17, 15) is 23.4 Å². The Hall–Kier alpha value is -4.19. The average Bonchev–Trinajstić information content (AvgIpc) is 3.70. The maximum Gasteiger partial charge on any atom is 0.407 e. The van der Waals surface area contributed by atoms with Crippen LogP contribution in [0, 0.1) is 30.1 Å². The number of rotatable bonds is 14. The number of sulfonamides is 1. The van der Waals surface area contributed by atoms with Crippen LogP contribution >= 0.6 is 0 Å². The molecule has 0 aliphatic carbocycles. The number of aliphatic hydroxyl groups excluding tert-OH is 1. The van der Waals surface area contributed by atoms with E-state index in [0.717, 1.165) is 11.1 Å². The number of carbonyl (C=O) groups is 1. The third kappa shape index (κ3) is 9.29. The fourth-order valence-electron chi connectivity index (χ4n) is 5.98. The molecule has 5 rings (SSSR count). The van der Waals surface area contributed by atoms with E-state index < -0.39 is 40.7 Å². The second-order valence-corrected chi connectivity index (χ2v) is 14.8. The predicted octanol–water partition coefficient (Wildman–Crippen LogP) is 4.26. The SMILES string of the molecule is Cc1cc(S(=O)(=O)N(CC(C)C)C[C@@H](O)[C@H](Cc2ccc(OCc3cccc(C#N)c3)cc2)NC(=O)O[C@H]2COC3OCCC32)ccc1O. The van der Waals surface area contributed by atoms with Crippen molar-refractivity contribution in [1.29, 1.82) is 5.26 Å². The molecular weight excluding hydrogens is 650 g/mol. The molecule has 2 unspecified atom stereocenters. The number of carbonyl (C=O) groups excluding carboxylic acids is 1. The number of nitrogens with one attached hydrogen (secondary N) is 1. The number of hydrogen-bond acceptors (Lipinski definition) is 10. The van der Waals surface area contributed by atoms with Crippen molar-refractivity contribution in [3.8, 4) is 17.6 Å². The summed E-state index contributed by atoms with van der Waals surface area (Å²) >= 11 is 0. The lowest BCUT2D eigenvalue weighted by atomic mass is 10.0. The van der Waals surface area contributed by atoms with Gasteiger partial charge in [0.25, 0.3) is 0 Å². The molecule has 2 aliphatic rings. The molecule has 0 spiro atoms. The first-order valence-electron chi connectivity index (χ1n) is 16.3. The molecule has 3 aromatic rings. The van der Waals surface area contributed by atoms with Crippen LogP contribution in [0.1, 0.15) is 42.5 Å². The van der Waals surface area contributed by atoms with Crippen LogP contribution < -0.4 is 10.1 Å². The van der Waals surface area contributed by atoms with Crippen molar-refractivity contribution < 1.29 is 42.4 Å². The van der Waals surface area contributed by atoms with Crippen molar-refractivity contribution in [2.45, 2.75) is 69.7 Å². The normalized spacial score (nSPS) is 20.1. The van der Waals surface area contributed by atoms with Gasteiger partial charge in [-0.05, 0) is 84.8 Å². The summed E-state index contributed by atoms with van der Waals surface area (Å²) in [5.74, 6) is 0.411. The third-order valence-corrected chi connectivity index (χ3v) is 10.4. The van der Waals surface area contributed by atoms with Crippen LogP contribution in [0.5, 0.6) is 11.5 Å². The van der Waals surface area contributed by atoms with Gasteiger partial charge < -0.3 is 34.5 Å². The molecule has 2 saturated heterocycles. The summed E-state index contributed by atoms with van der Waals surface area (Å²) in [6.07, 6.45) is -2.14. The highest BCUT2D eigenvalue weighted by atomic mass is 32.2. The Morgan fingerprint density at radius 2 is 1.86 bits per heavy atom. The van der Waals surface area contributed by atoms with Gasteiger partial charge in [-0.3, -0.25) is 0 Å². The number of ether oxygens (including phenoxy) is 4. The van der Waals surface area contributed by atoms with Gasteiger partial charge in [-0.15, -0.1) is 0 Å². The van der Waals surface area contributed by atoms with Crippen LogP contribution in [0.3, 0.4) is 0 Å². The highest BCUT2D eigenvalue weighted by Gasteiger charge is 2.44. The van der Waals surface area contributed by atoms with E-state index in [4.69, 9.17) is 24.2 Å². The van der Waals surface area contributed by atoms with Gasteiger partial charge in [0, 0.05) is 13.1 Å². The first kappa shape index (κ1) is 36.1. The molecule has 2 heterocycles. The number of nitrogens with zero attached hydrogens (tertiary/aromatic N) is 2. The van der Waals surface area contributed by atoms with E-state index in [1.165, 1.54) is 22.5 Å². The minimum Gasteiger partial charge on any atom is -0.508 e. The second kappa shape index (κ2) is 16.0. The van der Waals surface area contributed by atoms with Crippen molar-refractivity contribution >= 4 is 16.1 Å². The summed E-state index contributed by atoms with van der Waals surface area (Å²) in [5.41, 5.74) is 2.55. The van der Waals surface area contributed by atoms with Gasteiger partial charge in [-0.25, -0.2) is 13.2 Å². The van der Waals surface area contributed by atoms with E-state index in [0.29, 0.717) is 29.9 Å². The number of fused-ring (bicyclic) bond motifs is 1. The molecule has 0 saturated carbocycles. The molecule has 262 valence electrons. The Balaban J connectivity index is 1.32. The summed E-state index contributed by atoms with van der Waals surface area (Å²) in [6.45, 7) is 6.15. The molecule has 3 N–H and O–H groups in total. The fraction of sp³-hybridized carbons (Fsp3) is 0.444. The average molecular weight is 694 g/mol. The van der Waals surface area contributed by atoms with Crippen LogP contribution in [0.25, 0.3) is 0 Å². The Labute approximate surface area is 287 Å². The number of aliphatic hydroxyl groups is 1. The number of hydrogen-bond donors (Lipinski definition) is 3. The molecule has 0 aromatic heterocycles. The smallest absolute Gasteiger partial charge is 0.407 e. The molecule has 12 nitrogen and oxygen atoms in total. The second-order valence-electron chi connectivity index (χ2n) is 12.9. The van der Waals surface area contributed by atoms with Gasteiger partial charge in [-0.1, -0.05) is 38.1 Å². The molecule has 0 bridgehead atoms.